The Bertz CT molecular complexity index is 1210. The van der Waals surface area contributed by atoms with E-state index in [1.165, 1.54) is 6.07 Å². The Balaban J connectivity index is 1.28. The highest BCUT2D eigenvalue weighted by molar-refractivity contribution is 6.33. The third-order valence-corrected chi connectivity index (χ3v) is 5.67. The van der Waals surface area contributed by atoms with Crippen molar-refractivity contribution in [3.8, 4) is 0 Å². The summed E-state index contributed by atoms with van der Waals surface area (Å²) in [6.07, 6.45) is 0.871. The molecule has 1 aliphatic rings. The van der Waals surface area contributed by atoms with E-state index in [-0.39, 0.29) is 35.4 Å². The first-order valence-corrected chi connectivity index (χ1v) is 10.8. The van der Waals surface area contributed by atoms with Gasteiger partial charge in [0, 0.05) is 36.4 Å². The minimum atomic E-state index is -0.533. The third-order valence-electron chi connectivity index (χ3n) is 5.36. The molecule has 0 spiro atoms. The Kier molecular flexibility index (Phi) is 6.70. The molecule has 1 heterocycles. The molecule has 33 heavy (non-hydrogen) atoms. The number of rotatable bonds is 6. The summed E-state index contributed by atoms with van der Waals surface area (Å²) in [5.41, 5.74) is 3.31. The zero-order chi connectivity index (χ0) is 23.4. The minimum Gasteiger partial charge on any atom is -0.351 e. The monoisotopic (exact) mass is 465 g/mol. The summed E-state index contributed by atoms with van der Waals surface area (Å²) in [4.78, 5) is 39.0. The number of carbonyl (C=O) groups excluding carboxylic acids is 3. The van der Waals surface area contributed by atoms with Crippen molar-refractivity contribution >= 4 is 40.7 Å². The smallest absolute Gasteiger partial charge is 0.258 e. The van der Waals surface area contributed by atoms with Crippen LogP contribution in [-0.4, -0.2) is 30.8 Å². The van der Waals surface area contributed by atoms with E-state index in [2.05, 4.69) is 10.6 Å². The van der Waals surface area contributed by atoms with Gasteiger partial charge in [0.25, 0.3) is 11.8 Å². The Morgan fingerprint density at radius 2 is 1.76 bits per heavy atom. The molecule has 2 N–H and O–H groups in total. The Morgan fingerprint density at radius 1 is 1.00 bits per heavy atom. The van der Waals surface area contributed by atoms with Gasteiger partial charge < -0.3 is 15.5 Å². The molecule has 0 aromatic heterocycles. The van der Waals surface area contributed by atoms with Crippen LogP contribution >= 0.6 is 11.6 Å². The van der Waals surface area contributed by atoms with Crippen LogP contribution in [0, 0.1) is 5.82 Å². The third kappa shape index (κ3) is 5.21. The van der Waals surface area contributed by atoms with Gasteiger partial charge in [0.05, 0.1) is 10.6 Å². The fourth-order valence-electron chi connectivity index (χ4n) is 3.68. The van der Waals surface area contributed by atoms with Gasteiger partial charge in [-0.1, -0.05) is 29.8 Å². The molecule has 1 aliphatic heterocycles. The van der Waals surface area contributed by atoms with Crippen LogP contribution in [0.15, 0.2) is 66.7 Å². The van der Waals surface area contributed by atoms with Gasteiger partial charge in [0.1, 0.15) is 5.82 Å². The van der Waals surface area contributed by atoms with E-state index < -0.39 is 11.7 Å². The molecule has 6 nitrogen and oxygen atoms in total. The number of halogens is 2. The molecule has 0 fully saturated rings. The summed E-state index contributed by atoms with van der Waals surface area (Å²) in [7, 11) is 0. The molecule has 3 aromatic rings. The number of hydrogen-bond donors (Lipinski definition) is 2. The SMILES string of the molecule is O=C(CCNC(=O)c1ccc(F)cc1Cl)Nc1ccc(C(=O)N2CCc3ccccc32)cc1. The van der Waals surface area contributed by atoms with Gasteiger partial charge in [-0.25, -0.2) is 4.39 Å². The van der Waals surface area contributed by atoms with E-state index in [0.29, 0.717) is 17.8 Å². The summed E-state index contributed by atoms with van der Waals surface area (Å²) in [6, 6.07) is 18.0. The normalized spacial score (nSPS) is 12.2. The fraction of sp³-hybridized carbons (Fsp3) is 0.160. The molecule has 3 amide bonds. The zero-order valence-corrected chi connectivity index (χ0v) is 18.4. The highest BCUT2D eigenvalue weighted by Gasteiger charge is 2.25. The van der Waals surface area contributed by atoms with Crippen LogP contribution in [0.25, 0.3) is 0 Å². The molecule has 0 atom stereocenters. The van der Waals surface area contributed by atoms with Gasteiger partial charge in [-0.2, -0.15) is 0 Å². The van der Waals surface area contributed by atoms with Crippen LogP contribution in [0.2, 0.25) is 5.02 Å². The average Bonchev–Trinajstić information content (AvgIpc) is 3.23. The highest BCUT2D eigenvalue weighted by Crippen LogP contribution is 2.29. The minimum absolute atomic E-state index is 0.00371. The first-order valence-electron chi connectivity index (χ1n) is 10.5. The number of hydrogen-bond acceptors (Lipinski definition) is 3. The largest absolute Gasteiger partial charge is 0.351 e. The lowest BCUT2D eigenvalue weighted by Crippen LogP contribution is -2.29. The van der Waals surface area contributed by atoms with Crippen molar-refractivity contribution in [1.82, 2.24) is 5.32 Å². The van der Waals surface area contributed by atoms with Crippen LogP contribution in [0.3, 0.4) is 0 Å². The molecule has 0 saturated heterocycles. The first kappa shape index (κ1) is 22.5. The van der Waals surface area contributed by atoms with E-state index in [1.54, 1.807) is 29.2 Å². The summed E-state index contributed by atoms with van der Waals surface area (Å²) < 4.78 is 13.1. The van der Waals surface area contributed by atoms with Crippen molar-refractivity contribution in [3.05, 3.63) is 94.3 Å². The maximum Gasteiger partial charge on any atom is 0.258 e. The van der Waals surface area contributed by atoms with Gasteiger partial charge in [-0.3, -0.25) is 14.4 Å². The molecular formula is C25H21ClFN3O3. The van der Waals surface area contributed by atoms with Crippen LogP contribution in [-0.2, 0) is 11.2 Å². The van der Waals surface area contributed by atoms with Gasteiger partial charge in [-0.05, 0) is 60.5 Å². The van der Waals surface area contributed by atoms with Gasteiger partial charge in [-0.15, -0.1) is 0 Å². The van der Waals surface area contributed by atoms with Crippen LogP contribution in [0.4, 0.5) is 15.8 Å². The topological polar surface area (TPSA) is 78.5 Å². The molecular weight excluding hydrogens is 445 g/mol. The van der Waals surface area contributed by atoms with Crippen molar-refractivity contribution in [1.29, 1.82) is 0 Å². The quantitative estimate of drug-likeness (QED) is 0.565. The van der Waals surface area contributed by atoms with E-state index in [9.17, 15) is 18.8 Å². The van der Waals surface area contributed by atoms with Crippen molar-refractivity contribution in [2.75, 3.05) is 23.3 Å². The number of para-hydroxylation sites is 1. The van der Waals surface area contributed by atoms with Crippen LogP contribution < -0.4 is 15.5 Å². The van der Waals surface area contributed by atoms with Gasteiger partial charge >= 0.3 is 0 Å². The van der Waals surface area contributed by atoms with Crippen molar-refractivity contribution in [2.45, 2.75) is 12.8 Å². The van der Waals surface area contributed by atoms with Crippen molar-refractivity contribution in [3.63, 3.8) is 0 Å². The zero-order valence-electron chi connectivity index (χ0n) is 17.6. The number of nitrogens with zero attached hydrogens (tertiary/aromatic N) is 1. The van der Waals surface area contributed by atoms with E-state index in [1.807, 2.05) is 24.3 Å². The number of fused-ring (bicyclic) bond motifs is 1. The summed E-state index contributed by atoms with van der Waals surface area (Å²) in [5, 5.41) is 5.32. The Hall–Kier alpha value is -3.71. The lowest BCUT2D eigenvalue weighted by atomic mass is 10.1. The standard InChI is InChI=1S/C25H21ClFN3O3/c26-21-15-18(27)7-10-20(21)24(32)28-13-11-23(31)29-19-8-5-17(6-9-19)25(33)30-14-12-16-3-1-2-4-22(16)30/h1-10,15H,11-14H2,(H,28,32)(H,29,31). The van der Waals surface area contributed by atoms with Crippen LogP contribution in [0.5, 0.6) is 0 Å². The predicted octanol–water partition coefficient (Wildman–Crippen LogP) is 4.44. The maximum absolute atomic E-state index is 13.1. The van der Waals surface area contributed by atoms with Gasteiger partial charge in [0.15, 0.2) is 0 Å². The van der Waals surface area contributed by atoms with Crippen molar-refractivity contribution < 1.29 is 18.8 Å². The highest BCUT2D eigenvalue weighted by atomic mass is 35.5. The summed E-state index contributed by atoms with van der Waals surface area (Å²) in [5.74, 6) is -1.40. The molecule has 0 unspecified atom stereocenters. The van der Waals surface area contributed by atoms with E-state index in [4.69, 9.17) is 11.6 Å². The number of benzene rings is 3. The fourth-order valence-corrected chi connectivity index (χ4v) is 3.94. The lowest BCUT2D eigenvalue weighted by Gasteiger charge is -2.17. The molecule has 4 rings (SSSR count). The summed E-state index contributed by atoms with van der Waals surface area (Å²) >= 11 is 5.87. The second-order valence-electron chi connectivity index (χ2n) is 7.59. The predicted molar refractivity (Wildman–Crippen MR) is 125 cm³/mol. The van der Waals surface area contributed by atoms with E-state index in [0.717, 1.165) is 29.8 Å². The molecule has 0 radical (unpaired) electrons. The van der Waals surface area contributed by atoms with Crippen molar-refractivity contribution in [2.24, 2.45) is 0 Å². The van der Waals surface area contributed by atoms with Crippen LogP contribution in [0.1, 0.15) is 32.7 Å². The Labute approximate surface area is 195 Å². The number of anilines is 2. The molecule has 168 valence electrons. The van der Waals surface area contributed by atoms with E-state index >= 15 is 0 Å². The number of amides is 3. The summed E-state index contributed by atoms with van der Waals surface area (Å²) in [6.45, 7) is 0.731. The molecule has 8 heteroatoms. The molecule has 0 bridgehead atoms. The first-order chi connectivity index (χ1) is 15.9. The lowest BCUT2D eigenvalue weighted by molar-refractivity contribution is -0.116. The number of nitrogens with one attached hydrogen (secondary N) is 2. The Morgan fingerprint density at radius 3 is 2.52 bits per heavy atom. The molecule has 0 saturated carbocycles. The second-order valence-corrected chi connectivity index (χ2v) is 8.00. The molecule has 3 aromatic carbocycles. The van der Waals surface area contributed by atoms with Gasteiger partial charge in [0.2, 0.25) is 5.91 Å². The maximum atomic E-state index is 13.1. The number of carbonyl (C=O) groups is 3. The average molecular weight is 466 g/mol. The molecule has 0 aliphatic carbocycles. The second kappa shape index (κ2) is 9.83.